The highest BCUT2D eigenvalue weighted by molar-refractivity contribution is 5.81. The van der Waals surface area contributed by atoms with Crippen LogP contribution in [0.15, 0.2) is 36.4 Å². The second kappa shape index (κ2) is 5.22. The molecular formula is C12H14O2. The van der Waals surface area contributed by atoms with E-state index in [0.717, 1.165) is 11.1 Å². The Balaban J connectivity index is 2.54. The molecule has 2 heteroatoms. The van der Waals surface area contributed by atoms with Gasteiger partial charge in [-0.1, -0.05) is 30.3 Å². The van der Waals surface area contributed by atoms with E-state index in [1.807, 2.05) is 31.2 Å². The Morgan fingerprint density at radius 1 is 1.43 bits per heavy atom. The van der Waals surface area contributed by atoms with Gasteiger partial charge in [0.1, 0.15) is 6.61 Å². The molecule has 0 aliphatic rings. The van der Waals surface area contributed by atoms with Gasteiger partial charge in [0.05, 0.1) is 0 Å². The van der Waals surface area contributed by atoms with Crippen LogP contribution < -0.4 is 0 Å². The lowest BCUT2D eigenvalue weighted by Gasteiger charge is -2.04. The minimum atomic E-state index is -0.296. The lowest BCUT2D eigenvalue weighted by atomic mass is 10.1. The molecule has 0 amide bonds. The maximum Gasteiger partial charge on any atom is 0.330 e. The second-order valence-corrected chi connectivity index (χ2v) is 3.03. The summed E-state index contributed by atoms with van der Waals surface area (Å²) in [4.78, 5) is 11.0. The maximum absolute atomic E-state index is 11.0. The third-order valence-electron chi connectivity index (χ3n) is 1.93. The van der Waals surface area contributed by atoms with E-state index in [1.165, 1.54) is 6.08 Å². The molecule has 0 heterocycles. The minimum absolute atomic E-state index is 0.296. The fourth-order valence-corrected chi connectivity index (χ4v) is 1.11. The van der Waals surface area contributed by atoms with Crippen molar-refractivity contribution in [3.05, 3.63) is 47.5 Å². The number of carbonyl (C=O) groups is 1. The van der Waals surface area contributed by atoms with E-state index in [2.05, 4.69) is 0 Å². The molecule has 0 bridgehead atoms. The molecule has 14 heavy (non-hydrogen) atoms. The third kappa shape index (κ3) is 3.05. The van der Waals surface area contributed by atoms with Crippen molar-refractivity contribution in [1.29, 1.82) is 0 Å². The first kappa shape index (κ1) is 10.5. The van der Waals surface area contributed by atoms with Gasteiger partial charge in [-0.2, -0.15) is 0 Å². The Bertz CT molecular complexity index is 340. The summed E-state index contributed by atoms with van der Waals surface area (Å²) in [6.45, 7) is 4.13. The number of ether oxygens (including phenoxy) is 1. The second-order valence-electron chi connectivity index (χ2n) is 3.03. The molecule has 1 aromatic carbocycles. The highest BCUT2D eigenvalue weighted by atomic mass is 16.5. The van der Waals surface area contributed by atoms with E-state index in [1.54, 1.807) is 13.0 Å². The quantitative estimate of drug-likeness (QED) is 0.541. The Hall–Kier alpha value is -1.57. The van der Waals surface area contributed by atoms with Gasteiger partial charge in [-0.25, -0.2) is 4.79 Å². The van der Waals surface area contributed by atoms with E-state index >= 15 is 0 Å². The Kier molecular flexibility index (Phi) is 3.92. The molecule has 2 nitrogen and oxygen atoms in total. The number of hydrogen-bond acceptors (Lipinski definition) is 2. The van der Waals surface area contributed by atoms with Gasteiger partial charge in [-0.15, -0.1) is 0 Å². The van der Waals surface area contributed by atoms with Gasteiger partial charge < -0.3 is 4.74 Å². The van der Waals surface area contributed by atoms with Crippen LogP contribution in [0.3, 0.4) is 0 Å². The maximum atomic E-state index is 11.0. The number of benzene rings is 1. The topological polar surface area (TPSA) is 26.3 Å². The van der Waals surface area contributed by atoms with Crippen molar-refractivity contribution in [2.75, 3.05) is 0 Å². The summed E-state index contributed by atoms with van der Waals surface area (Å²) in [5.41, 5.74) is 2.19. The molecule has 74 valence electrons. The van der Waals surface area contributed by atoms with Crippen LogP contribution in [-0.4, -0.2) is 5.97 Å². The highest BCUT2D eigenvalue weighted by Crippen LogP contribution is 2.08. The van der Waals surface area contributed by atoms with Gasteiger partial charge in [-0.05, 0) is 25.0 Å². The van der Waals surface area contributed by atoms with Crippen molar-refractivity contribution in [2.24, 2.45) is 0 Å². The van der Waals surface area contributed by atoms with Crippen LogP contribution in [0.25, 0.3) is 0 Å². The zero-order chi connectivity index (χ0) is 10.4. The number of carbonyl (C=O) groups excluding carboxylic acids is 1. The molecular weight excluding hydrogens is 176 g/mol. The largest absolute Gasteiger partial charge is 0.458 e. The normalized spacial score (nSPS) is 10.4. The number of allylic oxidation sites excluding steroid dienone is 1. The van der Waals surface area contributed by atoms with Crippen LogP contribution >= 0.6 is 0 Å². The molecule has 0 fully saturated rings. The molecule has 0 saturated heterocycles. The van der Waals surface area contributed by atoms with Crippen LogP contribution in [0.5, 0.6) is 0 Å². The lowest BCUT2D eigenvalue weighted by molar-refractivity contribution is -0.139. The molecule has 0 unspecified atom stereocenters. The molecule has 0 N–H and O–H groups in total. The number of esters is 1. The minimum Gasteiger partial charge on any atom is -0.458 e. The van der Waals surface area contributed by atoms with Gasteiger partial charge in [0.2, 0.25) is 0 Å². The Morgan fingerprint density at radius 3 is 2.79 bits per heavy atom. The predicted octanol–water partition coefficient (Wildman–Crippen LogP) is 2.61. The summed E-state index contributed by atoms with van der Waals surface area (Å²) in [6, 6.07) is 7.86. The average Bonchev–Trinajstić information content (AvgIpc) is 2.17. The zero-order valence-corrected chi connectivity index (χ0v) is 8.49. The van der Waals surface area contributed by atoms with Gasteiger partial charge in [0.15, 0.2) is 0 Å². The van der Waals surface area contributed by atoms with Gasteiger partial charge >= 0.3 is 5.97 Å². The summed E-state index contributed by atoms with van der Waals surface area (Å²) in [6.07, 6.45) is 3.08. The SMILES string of the molecule is C/C=C/C(=O)OCc1ccccc1C. The summed E-state index contributed by atoms with van der Waals surface area (Å²) in [5.74, 6) is -0.296. The van der Waals surface area contributed by atoms with Crippen molar-refractivity contribution in [3.8, 4) is 0 Å². The van der Waals surface area contributed by atoms with E-state index < -0.39 is 0 Å². The third-order valence-corrected chi connectivity index (χ3v) is 1.93. The first-order chi connectivity index (χ1) is 6.74. The number of rotatable bonds is 3. The summed E-state index contributed by atoms with van der Waals surface area (Å²) >= 11 is 0. The van der Waals surface area contributed by atoms with Crippen LogP contribution in [-0.2, 0) is 16.1 Å². The van der Waals surface area contributed by atoms with E-state index in [4.69, 9.17) is 4.74 Å². The molecule has 0 radical (unpaired) electrons. The molecule has 1 rings (SSSR count). The first-order valence-electron chi connectivity index (χ1n) is 4.58. The van der Waals surface area contributed by atoms with Crippen LogP contribution in [0.2, 0.25) is 0 Å². The van der Waals surface area contributed by atoms with E-state index in [0.29, 0.717) is 6.61 Å². The molecule has 1 aromatic rings. The Morgan fingerprint density at radius 2 is 2.14 bits per heavy atom. The number of aryl methyl sites for hydroxylation is 1. The highest BCUT2D eigenvalue weighted by Gasteiger charge is 1.99. The van der Waals surface area contributed by atoms with Crippen molar-refractivity contribution in [3.63, 3.8) is 0 Å². The molecule has 0 saturated carbocycles. The van der Waals surface area contributed by atoms with Gasteiger partial charge in [0.25, 0.3) is 0 Å². The molecule has 0 spiro atoms. The van der Waals surface area contributed by atoms with Crippen molar-refractivity contribution in [1.82, 2.24) is 0 Å². The van der Waals surface area contributed by atoms with Crippen molar-refractivity contribution >= 4 is 5.97 Å². The zero-order valence-electron chi connectivity index (χ0n) is 8.49. The smallest absolute Gasteiger partial charge is 0.330 e. The van der Waals surface area contributed by atoms with Gasteiger partial charge in [-0.3, -0.25) is 0 Å². The predicted molar refractivity (Wildman–Crippen MR) is 55.8 cm³/mol. The van der Waals surface area contributed by atoms with Crippen LogP contribution in [0.4, 0.5) is 0 Å². The van der Waals surface area contributed by atoms with E-state index in [-0.39, 0.29) is 5.97 Å². The van der Waals surface area contributed by atoms with Gasteiger partial charge in [0, 0.05) is 6.08 Å². The first-order valence-corrected chi connectivity index (χ1v) is 4.58. The Labute approximate surface area is 84.2 Å². The molecule has 0 atom stereocenters. The fraction of sp³-hybridized carbons (Fsp3) is 0.250. The standard InChI is InChI=1S/C12H14O2/c1-3-6-12(13)14-9-11-8-5-4-7-10(11)2/h3-8H,9H2,1-2H3/b6-3+. The summed E-state index contributed by atoms with van der Waals surface area (Å²) in [5, 5.41) is 0. The monoisotopic (exact) mass is 190 g/mol. The summed E-state index contributed by atoms with van der Waals surface area (Å²) in [7, 11) is 0. The van der Waals surface area contributed by atoms with Crippen LogP contribution in [0, 0.1) is 6.92 Å². The van der Waals surface area contributed by atoms with Crippen molar-refractivity contribution < 1.29 is 9.53 Å². The molecule has 0 aliphatic carbocycles. The summed E-state index contributed by atoms with van der Waals surface area (Å²) < 4.78 is 5.02. The lowest BCUT2D eigenvalue weighted by Crippen LogP contribution is -2.01. The molecule has 0 aliphatic heterocycles. The van der Waals surface area contributed by atoms with Crippen LogP contribution in [0.1, 0.15) is 18.1 Å². The van der Waals surface area contributed by atoms with E-state index in [9.17, 15) is 4.79 Å². The molecule has 0 aromatic heterocycles. The number of hydrogen-bond donors (Lipinski definition) is 0. The fourth-order valence-electron chi connectivity index (χ4n) is 1.11. The average molecular weight is 190 g/mol. The van der Waals surface area contributed by atoms with Crippen molar-refractivity contribution in [2.45, 2.75) is 20.5 Å².